The molecule has 0 fully saturated rings. The monoisotopic (exact) mass is 285 g/mol. The lowest BCUT2D eigenvalue weighted by molar-refractivity contribution is -0.386. The van der Waals surface area contributed by atoms with Crippen molar-refractivity contribution >= 4 is 46.2 Å². The molecule has 9 heteroatoms. The Hall–Kier alpha value is -1.74. The molecule has 2 aromatic rings. The number of nitro benzene ring substituents is 1. The number of rotatable bonds is 4. The number of benzene rings is 1. The van der Waals surface area contributed by atoms with Crippen LogP contribution in [0.4, 0.5) is 5.69 Å². The fourth-order valence-electron chi connectivity index (χ4n) is 1.31. The smallest absolute Gasteiger partial charge is 0.315 e. The van der Waals surface area contributed by atoms with Crippen LogP contribution in [0.3, 0.4) is 0 Å². The number of nitrogens with zero attached hydrogens (tertiary/aromatic N) is 3. The van der Waals surface area contributed by atoms with Gasteiger partial charge in [-0.1, -0.05) is 0 Å². The fourth-order valence-corrected chi connectivity index (χ4v) is 2.71. The van der Waals surface area contributed by atoms with Crippen molar-refractivity contribution in [3.05, 3.63) is 22.2 Å². The van der Waals surface area contributed by atoms with Gasteiger partial charge in [-0.05, 0) is 12.1 Å². The number of nitro groups is 1. The third-order valence-corrected chi connectivity index (χ3v) is 3.68. The molecule has 7 nitrogen and oxygen atoms in total. The summed E-state index contributed by atoms with van der Waals surface area (Å²) < 4.78 is 12.3. The highest BCUT2D eigenvalue weighted by molar-refractivity contribution is 8.00. The first-order valence-electron chi connectivity index (χ1n) is 4.72. The topological polar surface area (TPSA) is 95.2 Å². The molecule has 0 spiro atoms. The molecule has 1 aromatic carbocycles. The van der Waals surface area contributed by atoms with E-state index < -0.39 is 10.9 Å². The third-order valence-electron chi connectivity index (χ3n) is 2.12. The van der Waals surface area contributed by atoms with E-state index in [9.17, 15) is 14.9 Å². The van der Waals surface area contributed by atoms with E-state index in [1.807, 2.05) is 0 Å². The Kier molecular flexibility index (Phi) is 3.72. The standard InChI is InChI=1S/C9H7N3O4S2/c1-16-7(13)4-17-6-3-2-5-8(11-18-10-5)9(6)12(14)15/h2-3H,4H2,1H3. The lowest BCUT2D eigenvalue weighted by Gasteiger charge is -2.02. The van der Waals surface area contributed by atoms with Crippen LogP contribution in [0.5, 0.6) is 0 Å². The molecule has 2 rings (SSSR count). The highest BCUT2D eigenvalue weighted by atomic mass is 32.2. The predicted octanol–water partition coefficient (Wildman–Crippen LogP) is 1.86. The van der Waals surface area contributed by atoms with Crippen molar-refractivity contribution in [2.45, 2.75) is 4.90 Å². The minimum atomic E-state index is -0.511. The van der Waals surface area contributed by atoms with Gasteiger partial charge in [0.1, 0.15) is 5.52 Å². The molecule has 18 heavy (non-hydrogen) atoms. The Bertz CT molecular complexity index is 613. The second-order valence-corrected chi connectivity index (χ2v) is 4.71. The molecular weight excluding hydrogens is 278 g/mol. The fraction of sp³-hybridized carbons (Fsp3) is 0.222. The van der Waals surface area contributed by atoms with Crippen molar-refractivity contribution in [1.82, 2.24) is 8.75 Å². The maximum Gasteiger partial charge on any atom is 0.315 e. The average Bonchev–Trinajstić information content (AvgIpc) is 2.82. The Morgan fingerprint density at radius 2 is 2.33 bits per heavy atom. The van der Waals surface area contributed by atoms with Crippen molar-refractivity contribution in [3.8, 4) is 0 Å². The van der Waals surface area contributed by atoms with Gasteiger partial charge >= 0.3 is 11.7 Å². The first kappa shape index (κ1) is 12.7. The van der Waals surface area contributed by atoms with Crippen LogP contribution in [0, 0.1) is 10.1 Å². The van der Waals surface area contributed by atoms with Crippen molar-refractivity contribution in [3.63, 3.8) is 0 Å². The minimum Gasteiger partial charge on any atom is -0.468 e. The molecule has 0 aliphatic rings. The number of carbonyl (C=O) groups is 1. The van der Waals surface area contributed by atoms with E-state index in [0.29, 0.717) is 10.4 Å². The van der Waals surface area contributed by atoms with Gasteiger partial charge in [0.2, 0.25) is 0 Å². The molecule has 0 atom stereocenters. The summed E-state index contributed by atoms with van der Waals surface area (Å²) in [5, 5.41) is 11.1. The molecular formula is C9H7N3O4S2. The van der Waals surface area contributed by atoms with Crippen LogP contribution in [0.25, 0.3) is 11.0 Å². The van der Waals surface area contributed by atoms with Gasteiger partial charge in [0, 0.05) is 0 Å². The molecule has 0 saturated carbocycles. The van der Waals surface area contributed by atoms with E-state index in [2.05, 4.69) is 13.5 Å². The van der Waals surface area contributed by atoms with Crippen molar-refractivity contribution in [2.24, 2.45) is 0 Å². The predicted molar refractivity (Wildman–Crippen MR) is 66.8 cm³/mol. The Morgan fingerprint density at radius 3 is 3.00 bits per heavy atom. The summed E-state index contributed by atoms with van der Waals surface area (Å²) in [6.07, 6.45) is 0. The number of aromatic nitrogens is 2. The van der Waals surface area contributed by atoms with Gasteiger partial charge in [-0.2, -0.15) is 8.75 Å². The second kappa shape index (κ2) is 5.27. The maximum atomic E-state index is 11.1. The molecule has 0 saturated heterocycles. The van der Waals surface area contributed by atoms with Gasteiger partial charge in [0.05, 0.1) is 34.4 Å². The zero-order valence-corrected chi connectivity index (χ0v) is 10.8. The highest BCUT2D eigenvalue weighted by Crippen LogP contribution is 2.34. The number of fused-ring (bicyclic) bond motifs is 1. The number of hydrogen-bond donors (Lipinski definition) is 0. The zero-order chi connectivity index (χ0) is 13.1. The normalized spacial score (nSPS) is 10.5. The van der Waals surface area contributed by atoms with Gasteiger partial charge in [0.15, 0.2) is 5.52 Å². The third kappa shape index (κ3) is 2.41. The summed E-state index contributed by atoms with van der Waals surface area (Å²) in [4.78, 5) is 22.0. The van der Waals surface area contributed by atoms with Gasteiger partial charge in [-0.15, -0.1) is 11.8 Å². The summed E-state index contributed by atoms with van der Waals surface area (Å²) in [6.45, 7) is 0. The van der Waals surface area contributed by atoms with Gasteiger partial charge in [-0.3, -0.25) is 14.9 Å². The van der Waals surface area contributed by atoms with Crippen LogP contribution in [0.1, 0.15) is 0 Å². The van der Waals surface area contributed by atoms with Crippen LogP contribution < -0.4 is 0 Å². The van der Waals surface area contributed by atoms with E-state index in [4.69, 9.17) is 0 Å². The number of thioether (sulfide) groups is 1. The van der Waals surface area contributed by atoms with Crippen molar-refractivity contribution in [2.75, 3.05) is 12.9 Å². The SMILES string of the molecule is COC(=O)CSc1ccc2nsnc2c1[N+](=O)[O-]. The molecule has 1 heterocycles. The van der Waals surface area contributed by atoms with Crippen LogP contribution >= 0.6 is 23.5 Å². The Balaban J connectivity index is 2.40. The lowest BCUT2D eigenvalue weighted by Crippen LogP contribution is -2.03. The van der Waals surface area contributed by atoms with Gasteiger partial charge in [0.25, 0.3) is 0 Å². The Morgan fingerprint density at radius 1 is 1.56 bits per heavy atom. The lowest BCUT2D eigenvalue weighted by atomic mass is 10.3. The molecule has 0 unspecified atom stereocenters. The summed E-state index contributed by atoms with van der Waals surface area (Å²) in [5.74, 6) is -0.425. The van der Waals surface area contributed by atoms with E-state index in [0.717, 1.165) is 23.5 Å². The summed E-state index contributed by atoms with van der Waals surface area (Å²) in [6, 6.07) is 3.21. The first-order chi connectivity index (χ1) is 8.63. The van der Waals surface area contributed by atoms with E-state index in [1.54, 1.807) is 12.1 Å². The number of hydrogen-bond acceptors (Lipinski definition) is 8. The average molecular weight is 285 g/mol. The number of carbonyl (C=O) groups excluding carboxylic acids is 1. The largest absolute Gasteiger partial charge is 0.468 e. The van der Waals surface area contributed by atoms with E-state index in [-0.39, 0.29) is 17.0 Å². The van der Waals surface area contributed by atoms with E-state index in [1.165, 1.54) is 7.11 Å². The van der Waals surface area contributed by atoms with Gasteiger partial charge < -0.3 is 4.74 Å². The molecule has 0 bridgehead atoms. The Labute approximate surface area is 110 Å². The van der Waals surface area contributed by atoms with Crippen LogP contribution in [-0.2, 0) is 9.53 Å². The molecule has 0 N–H and O–H groups in total. The number of ether oxygens (including phenoxy) is 1. The minimum absolute atomic E-state index is 0.0143. The summed E-state index contributed by atoms with van der Waals surface area (Å²) in [7, 11) is 1.27. The number of esters is 1. The molecule has 0 aliphatic heterocycles. The van der Waals surface area contributed by atoms with Crippen molar-refractivity contribution < 1.29 is 14.5 Å². The van der Waals surface area contributed by atoms with Crippen LogP contribution in [0.15, 0.2) is 17.0 Å². The van der Waals surface area contributed by atoms with Gasteiger partial charge in [-0.25, -0.2) is 0 Å². The highest BCUT2D eigenvalue weighted by Gasteiger charge is 2.22. The molecule has 0 radical (unpaired) electrons. The summed E-state index contributed by atoms with van der Waals surface area (Å²) >= 11 is 1.96. The zero-order valence-electron chi connectivity index (χ0n) is 9.15. The molecule has 94 valence electrons. The van der Waals surface area contributed by atoms with Crippen LogP contribution in [-0.4, -0.2) is 32.5 Å². The first-order valence-corrected chi connectivity index (χ1v) is 6.44. The van der Waals surface area contributed by atoms with Crippen molar-refractivity contribution in [1.29, 1.82) is 0 Å². The maximum absolute atomic E-state index is 11.1. The number of methoxy groups -OCH3 is 1. The molecule has 1 aromatic heterocycles. The second-order valence-electron chi connectivity index (χ2n) is 3.17. The molecule has 0 amide bonds. The molecule has 0 aliphatic carbocycles. The van der Waals surface area contributed by atoms with Crippen LogP contribution in [0.2, 0.25) is 0 Å². The summed E-state index contributed by atoms with van der Waals surface area (Å²) in [5.41, 5.74) is 0.615. The van der Waals surface area contributed by atoms with E-state index >= 15 is 0 Å². The quantitative estimate of drug-likeness (QED) is 0.366.